The molecule has 3 heterocycles. The van der Waals surface area contributed by atoms with Crippen molar-refractivity contribution in [3.63, 3.8) is 0 Å². The van der Waals surface area contributed by atoms with Gasteiger partial charge in [-0.15, -0.1) is 0 Å². The van der Waals surface area contributed by atoms with Crippen LogP contribution in [-0.2, 0) is 6.54 Å². The molecule has 1 amide bonds. The van der Waals surface area contributed by atoms with E-state index in [1.165, 1.54) is 5.56 Å². The summed E-state index contributed by atoms with van der Waals surface area (Å²) in [5.74, 6) is 0.921. The van der Waals surface area contributed by atoms with Crippen LogP contribution in [0.25, 0.3) is 11.1 Å². The summed E-state index contributed by atoms with van der Waals surface area (Å²) >= 11 is 6.62. The van der Waals surface area contributed by atoms with Crippen molar-refractivity contribution >= 4 is 28.6 Å². The summed E-state index contributed by atoms with van der Waals surface area (Å²) in [4.78, 5) is 19.8. The molecule has 1 aliphatic rings. The van der Waals surface area contributed by atoms with Crippen molar-refractivity contribution in [2.45, 2.75) is 39.2 Å². The van der Waals surface area contributed by atoms with Gasteiger partial charge < -0.3 is 9.32 Å². The van der Waals surface area contributed by atoms with Crippen molar-refractivity contribution < 1.29 is 9.21 Å². The molecule has 1 fully saturated rings. The first-order valence-corrected chi connectivity index (χ1v) is 11.3. The van der Waals surface area contributed by atoms with E-state index in [1.807, 2.05) is 36.1 Å². The van der Waals surface area contributed by atoms with Crippen LogP contribution < -0.4 is 0 Å². The number of hydrogen-bond acceptors (Lipinski definition) is 4. The molecule has 1 aliphatic heterocycles. The second-order valence-electron chi connectivity index (χ2n) is 8.48. The van der Waals surface area contributed by atoms with Crippen molar-refractivity contribution in [1.82, 2.24) is 19.7 Å². The third kappa shape index (κ3) is 3.91. The number of nitrogens with zero attached hydrogens (tertiary/aromatic N) is 4. The van der Waals surface area contributed by atoms with E-state index in [-0.39, 0.29) is 11.8 Å². The number of likely N-dealkylation sites (tertiary alicyclic amines) is 1. The number of para-hydroxylation sites is 2. The van der Waals surface area contributed by atoms with Gasteiger partial charge >= 0.3 is 0 Å². The smallest absolute Gasteiger partial charge is 0.258 e. The minimum atomic E-state index is -0.0568. The van der Waals surface area contributed by atoms with Gasteiger partial charge in [0.25, 0.3) is 5.91 Å². The minimum absolute atomic E-state index is 0.0568. The highest BCUT2D eigenvalue weighted by Crippen LogP contribution is 2.31. The quantitative estimate of drug-likeness (QED) is 0.421. The highest BCUT2D eigenvalue weighted by Gasteiger charge is 2.30. The number of halogens is 1. The number of fused-ring (bicyclic) bond motifs is 1. The van der Waals surface area contributed by atoms with Gasteiger partial charge in [-0.3, -0.25) is 4.79 Å². The third-order valence-corrected chi connectivity index (χ3v) is 6.56. The van der Waals surface area contributed by atoms with Crippen molar-refractivity contribution in [2.24, 2.45) is 0 Å². The molecular weight excluding hydrogens is 424 g/mol. The minimum Gasteiger partial charge on any atom is -0.440 e. The van der Waals surface area contributed by atoms with Crippen molar-refractivity contribution in [1.29, 1.82) is 0 Å². The van der Waals surface area contributed by atoms with E-state index in [9.17, 15) is 4.79 Å². The first-order valence-electron chi connectivity index (χ1n) is 10.9. The monoisotopic (exact) mass is 448 g/mol. The maximum atomic E-state index is 13.3. The Morgan fingerprint density at radius 2 is 1.81 bits per heavy atom. The number of oxazole rings is 1. The summed E-state index contributed by atoms with van der Waals surface area (Å²) < 4.78 is 7.65. The van der Waals surface area contributed by atoms with Gasteiger partial charge in [0.15, 0.2) is 11.5 Å². The van der Waals surface area contributed by atoms with Gasteiger partial charge in [-0.2, -0.15) is 5.10 Å². The van der Waals surface area contributed by atoms with E-state index in [1.54, 1.807) is 4.68 Å². The normalized spacial score (nSPS) is 14.9. The fourth-order valence-corrected chi connectivity index (χ4v) is 4.63. The molecule has 164 valence electrons. The molecule has 2 aromatic carbocycles. The molecule has 2 aromatic heterocycles. The maximum absolute atomic E-state index is 13.3. The first kappa shape index (κ1) is 20.8. The van der Waals surface area contributed by atoms with Crippen LogP contribution in [0.3, 0.4) is 0 Å². The fourth-order valence-electron chi connectivity index (χ4n) is 4.32. The zero-order valence-corrected chi connectivity index (χ0v) is 19.0. The van der Waals surface area contributed by atoms with Crippen LogP contribution in [0.2, 0.25) is 5.15 Å². The first-order chi connectivity index (χ1) is 15.5. The Bertz CT molecular complexity index is 1230. The SMILES string of the molecule is Cc1ccc(Cn2nc(C)c(C(=O)N3CCC(c4nc5ccccc5o4)CC3)c2Cl)cc1. The number of amides is 1. The standard InChI is InChI=1S/C25H25ClN4O2/c1-16-7-9-18(10-8-16)15-30-23(26)22(17(2)28-30)25(31)29-13-11-19(12-14-29)24-27-20-5-3-4-6-21(20)32-24/h3-10,19H,11-15H2,1-2H3. The molecule has 0 aliphatic carbocycles. The third-order valence-electron chi connectivity index (χ3n) is 6.17. The molecule has 0 saturated carbocycles. The molecular formula is C25H25ClN4O2. The van der Waals surface area contributed by atoms with Gasteiger partial charge in [0.1, 0.15) is 10.7 Å². The topological polar surface area (TPSA) is 64.2 Å². The molecule has 0 N–H and O–H groups in total. The molecule has 5 rings (SSSR count). The van der Waals surface area contributed by atoms with Gasteiger partial charge in [-0.05, 0) is 44.4 Å². The second kappa shape index (κ2) is 8.43. The molecule has 0 atom stereocenters. The number of piperidine rings is 1. The summed E-state index contributed by atoms with van der Waals surface area (Å²) in [5.41, 5.74) is 5.15. The van der Waals surface area contributed by atoms with E-state index in [4.69, 9.17) is 16.0 Å². The number of aromatic nitrogens is 3. The Hall–Kier alpha value is -3.12. The molecule has 6 nitrogen and oxygen atoms in total. The molecule has 0 bridgehead atoms. The summed E-state index contributed by atoms with van der Waals surface area (Å²) in [6.45, 7) is 5.71. The molecule has 0 unspecified atom stereocenters. The van der Waals surface area contributed by atoms with Crippen molar-refractivity contribution in [2.75, 3.05) is 13.1 Å². The number of aryl methyl sites for hydroxylation is 2. The van der Waals surface area contributed by atoms with Crippen LogP contribution in [0.15, 0.2) is 52.9 Å². The largest absolute Gasteiger partial charge is 0.440 e. The average Bonchev–Trinajstić information content (AvgIpc) is 3.35. The highest BCUT2D eigenvalue weighted by atomic mass is 35.5. The molecule has 32 heavy (non-hydrogen) atoms. The lowest BCUT2D eigenvalue weighted by Gasteiger charge is -2.30. The number of hydrogen-bond donors (Lipinski definition) is 0. The van der Waals surface area contributed by atoms with Crippen LogP contribution in [-0.4, -0.2) is 38.7 Å². The van der Waals surface area contributed by atoms with E-state index in [2.05, 4.69) is 41.3 Å². The molecule has 1 saturated heterocycles. The van der Waals surface area contributed by atoms with Crippen molar-refractivity contribution in [3.8, 4) is 0 Å². The molecule has 4 aromatic rings. The van der Waals surface area contributed by atoms with Crippen LogP contribution in [0.4, 0.5) is 0 Å². The van der Waals surface area contributed by atoms with Crippen LogP contribution >= 0.6 is 11.6 Å². The zero-order chi connectivity index (χ0) is 22.2. The van der Waals surface area contributed by atoms with Gasteiger partial charge in [-0.1, -0.05) is 53.6 Å². The predicted molar refractivity (Wildman–Crippen MR) is 124 cm³/mol. The van der Waals surface area contributed by atoms with E-state index < -0.39 is 0 Å². The molecule has 7 heteroatoms. The lowest BCUT2D eigenvalue weighted by molar-refractivity contribution is 0.0706. The van der Waals surface area contributed by atoms with Crippen LogP contribution in [0.5, 0.6) is 0 Å². The number of carbonyl (C=O) groups is 1. The van der Waals surface area contributed by atoms with E-state index >= 15 is 0 Å². The molecule has 0 radical (unpaired) electrons. The maximum Gasteiger partial charge on any atom is 0.258 e. The summed E-state index contributed by atoms with van der Waals surface area (Å²) in [7, 11) is 0. The lowest BCUT2D eigenvalue weighted by Crippen LogP contribution is -2.38. The van der Waals surface area contributed by atoms with E-state index in [0.29, 0.717) is 36.0 Å². The van der Waals surface area contributed by atoms with Crippen LogP contribution in [0.1, 0.15) is 51.8 Å². The van der Waals surface area contributed by atoms with E-state index in [0.717, 1.165) is 35.4 Å². The number of benzene rings is 2. The predicted octanol–water partition coefficient (Wildman–Crippen LogP) is 5.36. The van der Waals surface area contributed by atoms with Gasteiger partial charge in [0.2, 0.25) is 0 Å². The van der Waals surface area contributed by atoms with Gasteiger partial charge in [0.05, 0.1) is 17.8 Å². The zero-order valence-electron chi connectivity index (χ0n) is 18.2. The Balaban J connectivity index is 1.28. The van der Waals surface area contributed by atoms with Crippen molar-refractivity contribution in [3.05, 3.63) is 82.0 Å². The van der Waals surface area contributed by atoms with Crippen LogP contribution in [0, 0.1) is 13.8 Å². The lowest BCUT2D eigenvalue weighted by atomic mass is 9.96. The Morgan fingerprint density at radius 1 is 1.09 bits per heavy atom. The Labute approximate surface area is 191 Å². The summed E-state index contributed by atoms with van der Waals surface area (Å²) in [6, 6.07) is 16.0. The Kier molecular flexibility index (Phi) is 5.47. The summed E-state index contributed by atoms with van der Waals surface area (Å²) in [6.07, 6.45) is 1.62. The number of rotatable bonds is 4. The van der Waals surface area contributed by atoms with Gasteiger partial charge in [0, 0.05) is 19.0 Å². The highest BCUT2D eigenvalue weighted by molar-refractivity contribution is 6.33. The fraction of sp³-hybridized carbons (Fsp3) is 0.320. The molecule has 0 spiro atoms. The van der Waals surface area contributed by atoms with Gasteiger partial charge in [-0.25, -0.2) is 9.67 Å². The number of carbonyl (C=O) groups excluding carboxylic acids is 1. The second-order valence-corrected chi connectivity index (χ2v) is 8.84. The summed E-state index contributed by atoms with van der Waals surface area (Å²) in [5, 5.41) is 4.94. The average molecular weight is 449 g/mol. The Morgan fingerprint density at radius 3 is 2.53 bits per heavy atom.